The Morgan fingerprint density at radius 1 is 1.21 bits per heavy atom. The van der Waals surface area contributed by atoms with E-state index in [-0.39, 0.29) is 5.91 Å². The minimum absolute atomic E-state index is 0.209. The van der Waals surface area contributed by atoms with Gasteiger partial charge < -0.3 is 5.32 Å². The van der Waals surface area contributed by atoms with Gasteiger partial charge in [-0.15, -0.1) is 0 Å². The molecule has 0 aliphatic carbocycles. The molecular weight excluding hydrogens is 328 g/mol. The van der Waals surface area contributed by atoms with Crippen molar-refractivity contribution in [1.82, 2.24) is 4.98 Å². The molecule has 2 rings (SSSR count). The Kier molecular flexibility index (Phi) is 4.71. The van der Waals surface area contributed by atoms with Gasteiger partial charge in [0.15, 0.2) is 0 Å². The van der Waals surface area contributed by atoms with Gasteiger partial charge in [-0.05, 0) is 51.8 Å². The van der Waals surface area contributed by atoms with Crippen LogP contribution in [-0.4, -0.2) is 10.9 Å². The Morgan fingerprint density at radius 2 is 1.95 bits per heavy atom. The zero-order chi connectivity index (χ0) is 13.7. The van der Waals surface area contributed by atoms with Crippen LogP contribution in [0.4, 0.5) is 5.69 Å². The van der Waals surface area contributed by atoms with Crippen molar-refractivity contribution in [3.05, 3.63) is 63.9 Å². The molecular formula is C14H10BrClN2O. The Hall–Kier alpha value is -1.65. The first-order valence-corrected chi connectivity index (χ1v) is 6.67. The molecule has 1 N–H and O–H groups in total. The maximum atomic E-state index is 11.7. The first-order chi connectivity index (χ1) is 9.13. The Balaban J connectivity index is 1.97. The summed E-state index contributed by atoms with van der Waals surface area (Å²) in [5.41, 5.74) is 1.56. The molecule has 0 bridgehead atoms. The SMILES string of the molecule is O=C(/C=C/c1ccc(Cl)cc1)Nc1ccc(Br)nc1. The molecule has 0 unspecified atom stereocenters. The molecule has 0 saturated heterocycles. The summed E-state index contributed by atoms with van der Waals surface area (Å²) < 4.78 is 0.724. The monoisotopic (exact) mass is 336 g/mol. The number of halogens is 2. The third-order valence-corrected chi connectivity index (χ3v) is 3.01. The zero-order valence-electron chi connectivity index (χ0n) is 9.81. The fourth-order valence-corrected chi connectivity index (χ4v) is 1.74. The number of carbonyl (C=O) groups excluding carboxylic acids is 1. The second-order valence-corrected chi connectivity index (χ2v) is 4.99. The van der Waals surface area contributed by atoms with Crippen LogP contribution in [0, 0.1) is 0 Å². The van der Waals surface area contributed by atoms with Gasteiger partial charge in [-0.3, -0.25) is 4.79 Å². The highest BCUT2D eigenvalue weighted by atomic mass is 79.9. The summed E-state index contributed by atoms with van der Waals surface area (Å²) in [5.74, 6) is -0.209. The van der Waals surface area contributed by atoms with Crippen molar-refractivity contribution in [2.45, 2.75) is 0 Å². The van der Waals surface area contributed by atoms with Gasteiger partial charge in [-0.1, -0.05) is 23.7 Å². The van der Waals surface area contributed by atoms with E-state index in [9.17, 15) is 4.79 Å². The Bertz CT molecular complexity index is 594. The summed E-state index contributed by atoms with van der Waals surface area (Å²) >= 11 is 9.01. The van der Waals surface area contributed by atoms with Crippen molar-refractivity contribution in [3.8, 4) is 0 Å². The van der Waals surface area contributed by atoms with E-state index in [1.807, 2.05) is 12.1 Å². The second-order valence-electron chi connectivity index (χ2n) is 3.74. The van der Waals surface area contributed by atoms with Crippen LogP contribution in [0.1, 0.15) is 5.56 Å². The lowest BCUT2D eigenvalue weighted by molar-refractivity contribution is -0.111. The highest BCUT2D eigenvalue weighted by molar-refractivity contribution is 9.10. The lowest BCUT2D eigenvalue weighted by atomic mass is 10.2. The van der Waals surface area contributed by atoms with Crippen molar-refractivity contribution in [1.29, 1.82) is 0 Å². The molecule has 1 heterocycles. The average Bonchev–Trinajstić information content (AvgIpc) is 2.41. The number of hydrogen-bond donors (Lipinski definition) is 1. The number of nitrogens with one attached hydrogen (secondary N) is 1. The van der Waals surface area contributed by atoms with Gasteiger partial charge in [0.2, 0.25) is 5.91 Å². The van der Waals surface area contributed by atoms with E-state index in [0.717, 1.165) is 10.2 Å². The summed E-state index contributed by atoms with van der Waals surface area (Å²) in [6, 6.07) is 10.8. The fraction of sp³-hybridized carbons (Fsp3) is 0. The van der Waals surface area contributed by atoms with Crippen LogP contribution in [0.25, 0.3) is 6.08 Å². The van der Waals surface area contributed by atoms with Crippen LogP contribution >= 0.6 is 27.5 Å². The van der Waals surface area contributed by atoms with Gasteiger partial charge in [-0.2, -0.15) is 0 Å². The van der Waals surface area contributed by atoms with Crippen LogP contribution in [0.5, 0.6) is 0 Å². The first kappa shape index (κ1) is 13.8. The minimum Gasteiger partial charge on any atom is -0.321 e. The molecule has 1 amide bonds. The maximum absolute atomic E-state index is 11.7. The maximum Gasteiger partial charge on any atom is 0.248 e. The lowest BCUT2D eigenvalue weighted by Crippen LogP contribution is -2.07. The number of aromatic nitrogens is 1. The normalized spacial score (nSPS) is 10.6. The van der Waals surface area contributed by atoms with E-state index >= 15 is 0 Å². The van der Waals surface area contributed by atoms with E-state index in [1.54, 1.807) is 36.5 Å². The molecule has 0 atom stereocenters. The van der Waals surface area contributed by atoms with Gasteiger partial charge in [0.25, 0.3) is 0 Å². The van der Waals surface area contributed by atoms with Gasteiger partial charge >= 0.3 is 0 Å². The number of benzene rings is 1. The number of amides is 1. The molecule has 5 heteroatoms. The van der Waals surface area contributed by atoms with Gasteiger partial charge in [-0.25, -0.2) is 4.98 Å². The summed E-state index contributed by atoms with van der Waals surface area (Å²) in [4.78, 5) is 15.7. The zero-order valence-corrected chi connectivity index (χ0v) is 12.1. The summed E-state index contributed by atoms with van der Waals surface area (Å²) in [6.45, 7) is 0. The van der Waals surface area contributed by atoms with Crippen LogP contribution < -0.4 is 5.32 Å². The molecule has 0 spiro atoms. The van der Waals surface area contributed by atoms with Crippen LogP contribution in [0.15, 0.2) is 53.3 Å². The Labute approximate surface area is 124 Å². The number of pyridine rings is 1. The molecule has 2 aromatic rings. The molecule has 19 heavy (non-hydrogen) atoms. The minimum atomic E-state index is -0.209. The molecule has 0 aliphatic rings. The van der Waals surface area contributed by atoms with E-state index < -0.39 is 0 Å². The average molecular weight is 338 g/mol. The summed E-state index contributed by atoms with van der Waals surface area (Å²) in [5, 5.41) is 3.38. The van der Waals surface area contributed by atoms with Crippen molar-refractivity contribution in [3.63, 3.8) is 0 Å². The molecule has 3 nitrogen and oxygen atoms in total. The smallest absolute Gasteiger partial charge is 0.248 e. The molecule has 96 valence electrons. The molecule has 0 saturated carbocycles. The predicted octanol–water partition coefficient (Wildman–Crippen LogP) is 4.15. The van der Waals surface area contributed by atoms with Crippen LogP contribution in [-0.2, 0) is 4.79 Å². The topological polar surface area (TPSA) is 42.0 Å². The van der Waals surface area contributed by atoms with Crippen molar-refractivity contribution in [2.75, 3.05) is 5.32 Å². The molecule has 0 fully saturated rings. The largest absolute Gasteiger partial charge is 0.321 e. The predicted molar refractivity (Wildman–Crippen MR) is 81.1 cm³/mol. The van der Waals surface area contributed by atoms with Crippen molar-refractivity contribution < 1.29 is 4.79 Å². The number of hydrogen-bond acceptors (Lipinski definition) is 2. The number of anilines is 1. The summed E-state index contributed by atoms with van der Waals surface area (Å²) in [7, 11) is 0. The number of carbonyl (C=O) groups is 1. The van der Waals surface area contributed by atoms with Crippen LogP contribution in [0.3, 0.4) is 0 Å². The molecule has 0 aliphatic heterocycles. The fourth-order valence-electron chi connectivity index (χ4n) is 1.38. The quantitative estimate of drug-likeness (QED) is 0.675. The first-order valence-electron chi connectivity index (χ1n) is 5.50. The molecule has 0 radical (unpaired) electrons. The van der Waals surface area contributed by atoms with Gasteiger partial charge in [0.1, 0.15) is 4.60 Å². The van der Waals surface area contributed by atoms with Gasteiger partial charge in [0.05, 0.1) is 11.9 Å². The van der Waals surface area contributed by atoms with Gasteiger partial charge in [0, 0.05) is 11.1 Å². The lowest BCUT2D eigenvalue weighted by Gasteiger charge is -2.01. The standard InChI is InChI=1S/C14H10BrClN2O/c15-13-7-6-12(9-17-13)18-14(19)8-3-10-1-4-11(16)5-2-10/h1-9H,(H,18,19)/b8-3+. The summed E-state index contributed by atoms with van der Waals surface area (Å²) in [6.07, 6.45) is 4.77. The van der Waals surface area contributed by atoms with Crippen molar-refractivity contribution in [2.24, 2.45) is 0 Å². The van der Waals surface area contributed by atoms with E-state index in [4.69, 9.17) is 11.6 Å². The van der Waals surface area contributed by atoms with E-state index in [0.29, 0.717) is 10.7 Å². The van der Waals surface area contributed by atoms with Crippen LogP contribution in [0.2, 0.25) is 5.02 Å². The third kappa shape index (κ3) is 4.50. The number of rotatable bonds is 3. The number of nitrogens with zero attached hydrogens (tertiary/aromatic N) is 1. The highest BCUT2D eigenvalue weighted by Gasteiger charge is 1.98. The Morgan fingerprint density at radius 3 is 2.58 bits per heavy atom. The van der Waals surface area contributed by atoms with Crippen molar-refractivity contribution >= 4 is 45.2 Å². The molecule has 1 aromatic heterocycles. The van der Waals surface area contributed by atoms with E-state index in [2.05, 4.69) is 26.2 Å². The second kappa shape index (κ2) is 6.50. The third-order valence-electron chi connectivity index (χ3n) is 2.29. The molecule has 1 aromatic carbocycles. The van der Waals surface area contributed by atoms with E-state index in [1.165, 1.54) is 6.08 Å². The highest BCUT2D eigenvalue weighted by Crippen LogP contribution is 2.12.